The minimum atomic E-state index is 0.152. The van der Waals surface area contributed by atoms with Crippen LogP contribution in [-0.2, 0) is 9.53 Å². The molecule has 0 spiro atoms. The average Bonchev–Trinajstić information content (AvgIpc) is 2.74. The maximum Gasteiger partial charge on any atom is 0.223 e. The number of hydrogen-bond donors (Lipinski definition) is 2. The highest BCUT2D eigenvalue weighted by atomic mass is 16.5. The monoisotopic (exact) mass is 254 g/mol. The van der Waals surface area contributed by atoms with E-state index in [0.29, 0.717) is 5.41 Å². The summed E-state index contributed by atoms with van der Waals surface area (Å²) >= 11 is 0. The Morgan fingerprint density at radius 1 is 1.44 bits per heavy atom. The van der Waals surface area contributed by atoms with Crippen molar-refractivity contribution < 1.29 is 9.53 Å². The molecule has 2 aliphatic rings. The van der Waals surface area contributed by atoms with Gasteiger partial charge in [-0.05, 0) is 43.9 Å². The van der Waals surface area contributed by atoms with Crippen LogP contribution < -0.4 is 11.1 Å². The van der Waals surface area contributed by atoms with Crippen molar-refractivity contribution in [3.8, 4) is 0 Å². The second-order valence-corrected chi connectivity index (χ2v) is 6.08. The molecular weight excluding hydrogens is 228 g/mol. The normalized spacial score (nSPS) is 29.9. The van der Waals surface area contributed by atoms with Gasteiger partial charge in [0.05, 0.1) is 0 Å². The lowest BCUT2D eigenvalue weighted by atomic mass is 9.66. The second-order valence-electron chi connectivity index (χ2n) is 6.08. The average molecular weight is 254 g/mol. The fraction of sp³-hybridized carbons (Fsp3) is 0.929. The Hall–Kier alpha value is -0.610. The Bertz CT molecular complexity index is 290. The minimum absolute atomic E-state index is 0.152. The second kappa shape index (κ2) is 6.02. The minimum Gasteiger partial charge on any atom is -0.385 e. The van der Waals surface area contributed by atoms with Crippen LogP contribution in [0.1, 0.15) is 44.9 Å². The lowest BCUT2D eigenvalue weighted by Gasteiger charge is -2.42. The summed E-state index contributed by atoms with van der Waals surface area (Å²) in [7, 11) is 1.74. The standard InChI is InChI=1S/C14H26N2O2/c1-18-8-7-14(5-2-6-14)10-16-13(17)11-3-4-12(15)9-11/h11-12H,2-10,15H2,1H3,(H,16,17). The maximum atomic E-state index is 12.1. The summed E-state index contributed by atoms with van der Waals surface area (Å²) < 4.78 is 5.16. The zero-order valence-corrected chi connectivity index (χ0v) is 11.4. The lowest BCUT2D eigenvalue weighted by Crippen LogP contribution is -2.44. The Labute approximate surface area is 110 Å². The molecule has 0 aromatic carbocycles. The fourth-order valence-electron chi connectivity index (χ4n) is 3.18. The molecule has 0 bridgehead atoms. The van der Waals surface area contributed by atoms with Crippen LogP contribution in [0.3, 0.4) is 0 Å². The number of amides is 1. The van der Waals surface area contributed by atoms with Crippen LogP contribution in [-0.4, -0.2) is 32.2 Å². The van der Waals surface area contributed by atoms with Crippen LogP contribution in [0, 0.1) is 11.3 Å². The highest BCUT2D eigenvalue weighted by Gasteiger charge is 2.37. The van der Waals surface area contributed by atoms with Gasteiger partial charge in [0.2, 0.25) is 5.91 Å². The zero-order valence-electron chi connectivity index (χ0n) is 11.4. The van der Waals surface area contributed by atoms with Gasteiger partial charge in [-0.25, -0.2) is 0 Å². The third-order valence-corrected chi connectivity index (χ3v) is 4.73. The first-order chi connectivity index (χ1) is 8.65. The molecule has 1 amide bonds. The van der Waals surface area contributed by atoms with Gasteiger partial charge in [-0.15, -0.1) is 0 Å². The first-order valence-electron chi connectivity index (χ1n) is 7.17. The summed E-state index contributed by atoms with van der Waals surface area (Å²) in [5.74, 6) is 0.367. The van der Waals surface area contributed by atoms with Crippen molar-refractivity contribution in [1.82, 2.24) is 5.32 Å². The molecule has 3 N–H and O–H groups in total. The van der Waals surface area contributed by atoms with E-state index in [2.05, 4.69) is 5.32 Å². The largest absolute Gasteiger partial charge is 0.385 e. The molecule has 0 saturated heterocycles. The molecule has 18 heavy (non-hydrogen) atoms. The summed E-state index contributed by atoms with van der Waals surface area (Å²) in [4.78, 5) is 12.1. The van der Waals surface area contributed by atoms with E-state index in [4.69, 9.17) is 10.5 Å². The van der Waals surface area contributed by atoms with E-state index in [-0.39, 0.29) is 17.9 Å². The van der Waals surface area contributed by atoms with Crippen LogP contribution in [0.5, 0.6) is 0 Å². The number of nitrogens with one attached hydrogen (secondary N) is 1. The van der Waals surface area contributed by atoms with Crippen LogP contribution in [0.4, 0.5) is 0 Å². The Balaban J connectivity index is 1.74. The van der Waals surface area contributed by atoms with E-state index in [9.17, 15) is 4.79 Å². The molecule has 2 fully saturated rings. The molecule has 104 valence electrons. The summed E-state index contributed by atoms with van der Waals surface area (Å²) in [5.41, 5.74) is 6.16. The quantitative estimate of drug-likeness (QED) is 0.754. The summed E-state index contributed by atoms with van der Waals surface area (Å²) in [5, 5.41) is 3.15. The van der Waals surface area contributed by atoms with Crippen LogP contribution in [0.2, 0.25) is 0 Å². The van der Waals surface area contributed by atoms with E-state index in [1.807, 2.05) is 0 Å². The van der Waals surface area contributed by atoms with Gasteiger partial charge in [0, 0.05) is 32.2 Å². The van der Waals surface area contributed by atoms with Crippen molar-refractivity contribution in [2.45, 2.75) is 51.0 Å². The van der Waals surface area contributed by atoms with Crippen LogP contribution in [0.15, 0.2) is 0 Å². The van der Waals surface area contributed by atoms with Gasteiger partial charge in [-0.2, -0.15) is 0 Å². The van der Waals surface area contributed by atoms with Crippen LogP contribution >= 0.6 is 0 Å². The third-order valence-electron chi connectivity index (χ3n) is 4.73. The molecule has 0 heterocycles. The van der Waals surface area contributed by atoms with Crippen molar-refractivity contribution in [3.63, 3.8) is 0 Å². The van der Waals surface area contributed by atoms with Gasteiger partial charge in [-0.3, -0.25) is 4.79 Å². The molecule has 0 aliphatic heterocycles. The summed E-state index contributed by atoms with van der Waals surface area (Å²) in [6, 6.07) is 0.229. The molecule has 2 atom stereocenters. The van der Waals surface area contributed by atoms with Crippen molar-refractivity contribution in [1.29, 1.82) is 0 Å². The van der Waals surface area contributed by atoms with Crippen LogP contribution in [0.25, 0.3) is 0 Å². The molecule has 4 nitrogen and oxygen atoms in total. The van der Waals surface area contributed by atoms with E-state index in [1.54, 1.807) is 7.11 Å². The summed E-state index contributed by atoms with van der Waals surface area (Å²) in [6.07, 6.45) is 7.60. The van der Waals surface area contributed by atoms with Gasteiger partial charge < -0.3 is 15.8 Å². The highest BCUT2D eigenvalue weighted by Crippen LogP contribution is 2.43. The number of carbonyl (C=O) groups is 1. The first kappa shape index (κ1) is 13.8. The highest BCUT2D eigenvalue weighted by molar-refractivity contribution is 5.79. The number of ether oxygens (including phenoxy) is 1. The van der Waals surface area contributed by atoms with E-state index in [0.717, 1.165) is 38.8 Å². The van der Waals surface area contributed by atoms with Crippen molar-refractivity contribution in [2.75, 3.05) is 20.3 Å². The molecule has 2 saturated carbocycles. The Morgan fingerprint density at radius 3 is 2.72 bits per heavy atom. The van der Waals surface area contributed by atoms with E-state index >= 15 is 0 Å². The third kappa shape index (κ3) is 3.23. The SMILES string of the molecule is COCCC1(CNC(=O)C2CCC(N)C2)CCC1. The van der Waals surface area contributed by atoms with Crippen molar-refractivity contribution in [3.05, 3.63) is 0 Å². The zero-order chi connectivity index (χ0) is 13.0. The first-order valence-corrected chi connectivity index (χ1v) is 7.17. The number of carbonyl (C=O) groups excluding carboxylic acids is 1. The number of hydrogen-bond acceptors (Lipinski definition) is 3. The van der Waals surface area contributed by atoms with E-state index in [1.165, 1.54) is 19.3 Å². The van der Waals surface area contributed by atoms with Gasteiger partial charge in [0.15, 0.2) is 0 Å². The topological polar surface area (TPSA) is 64.3 Å². The number of nitrogens with two attached hydrogens (primary N) is 1. The molecule has 4 heteroatoms. The maximum absolute atomic E-state index is 12.1. The van der Waals surface area contributed by atoms with E-state index < -0.39 is 0 Å². The summed E-state index contributed by atoms with van der Waals surface area (Å²) in [6.45, 7) is 1.62. The molecule has 2 aliphatic carbocycles. The van der Waals surface area contributed by atoms with Gasteiger partial charge in [0.1, 0.15) is 0 Å². The molecule has 2 unspecified atom stereocenters. The lowest BCUT2D eigenvalue weighted by molar-refractivity contribution is -0.125. The Morgan fingerprint density at radius 2 is 2.22 bits per heavy atom. The van der Waals surface area contributed by atoms with Crippen molar-refractivity contribution >= 4 is 5.91 Å². The van der Waals surface area contributed by atoms with Crippen molar-refractivity contribution in [2.24, 2.45) is 17.1 Å². The molecule has 0 aromatic heterocycles. The molecule has 2 rings (SSSR count). The molecule has 0 radical (unpaired) electrons. The number of methoxy groups -OCH3 is 1. The Kier molecular flexibility index (Phi) is 4.62. The van der Waals surface area contributed by atoms with Gasteiger partial charge in [0.25, 0.3) is 0 Å². The van der Waals surface area contributed by atoms with Gasteiger partial charge >= 0.3 is 0 Å². The smallest absolute Gasteiger partial charge is 0.223 e. The molecular formula is C14H26N2O2. The van der Waals surface area contributed by atoms with Gasteiger partial charge in [-0.1, -0.05) is 6.42 Å². The number of rotatable bonds is 6. The molecule has 0 aromatic rings. The predicted molar refractivity (Wildman–Crippen MR) is 71.1 cm³/mol. The predicted octanol–water partition coefficient (Wildman–Crippen LogP) is 1.44. The fourth-order valence-corrected chi connectivity index (χ4v) is 3.18.